The predicted octanol–water partition coefficient (Wildman–Crippen LogP) is 9.22. The van der Waals surface area contributed by atoms with E-state index in [1.54, 1.807) is 5.57 Å². The Hall–Kier alpha value is 0.470. The smallest absolute Gasteiger partial charge is 0.0194 e. The lowest BCUT2D eigenvalue weighted by Crippen LogP contribution is -2.38. The van der Waals surface area contributed by atoms with E-state index in [4.69, 9.17) is 6.58 Å². The molecule has 0 nitrogen and oxygen atoms in total. The summed E-state index contributed by atoms with van der Waals surface area (Å²) in [6, 6.07) is 0. The van der Waals surface area contributed by atoms with E-state index < -0.39 is 0 Å². The fourth-order valence-electron chi connectivity index (χ4n) is 8.41. The minimum Gasteiger partial charge on any atom is -0.0996 e. The Kier molecular flexibility index (Phi) is 7.45. The molecule has 4 aliphatic carbocycles. The molecular formula is C28H47I. The standard InChI is InChI=1S/C28H47I/c1-19-7-5-10-26(27(19)23-13-15-25(16-14-23)28(3,4)29)20(2)17-21-11-12-22-8-6-9-24(22)18-21/h19,21-27H,2,5-18H2,1,3-4H3. The first-order valence-corrected chi connectivity index (χ1v) is 14.3. The molecule has 0 saturated heterocycles. The molecule has 0 heterocycles. The van der Waals surface area contributed by atoms with Crippen molar-refractivity contribution in [1.29, 1.82) is 0 Å². The van der Waals surface area contributed by atoms with Gasteiger partial charge in [-0.1, -0.05) is 87.6 Å². The van der Waals surface area contributed by atoms with Crippen LogP contribution in [0.15, 0.2) is 12.2 Å². The van der Waals surface area contributed by atoms with E-state index in [-0.39, 0.29) is 0 Å². The molecule has 0 amide bonds. The zero-order chi connectivity index (χ0) is 20.6. The normalized spacial score (nSPS) is 43.7. The minimum absolute atomic E-state index is 0.475. The van der Waals surface area contributed by atoms with Gasteiger partial charge >= 0.3 is 0 Å². The second kappa shape index (κ2) is 9.53. The lowest BCUT2D eigenvalue weighted by Gasteiger charge is -2.46. The van der Waals surface area contributed by atoms with Gasteiger partial charge in [0.25, 0.3) is 0 Å². The van der Waals surface area contributed by atoms with Crippen LogP contribution in [0.4, 0.5) is 0 Å². The highest BCUT2D eigenvalue weighted by Gasteiger charge is 2.41. The summed E-state index contributed by atoms with van der Waals surface area (Å²) in [5.74, 6) is 7.76. The Labute approximate surface area is 195 Å². The third kappa shape index (κ3) is 5.28. The number of rotatable bonds is 5. The van der Waals surface area contributed by atoms with Crippen molar-refractivity contribution < 1.29 is 0 Å². The molecule has 0 aliphatic heterocycles. The molecule has 0 aromatic heterocycles. The van der Waals surface area contributed by atoms with Crippen LogP contribution < -0.4 is 0 Å². The number of hydrogen-bond donors (Lipinski definition) is 0. The van der Waals surface area contributed by atoms with E-state index in [0.717, 1.165) is 47.3 Å². The zero-order valence-electron chi connectivity index (χ0n) is 19.6. The summed E-state index contributed by atoms with van der Waals surface area (Å²) in [7, 11) is 0. The van der Waals surface area contributed by atoms with Crippen LogP contribution in [0, 0.1) is 47.3 Å². The highest BCUT2D eigenvalue weighted by atomic mass is 127. The summed E-state index contributed by atoms with van der Waals surface area (Å²) in [4.78, 5) is 0. The first-order valence-electron chi connectivity index (χ1n) is 13.2. The molecule has 4 saturated carbocycles. The van der Waals surface area contributed by atoms with Gasteiger partial charge in [0.15, 0.2) is 0 Å². The number of halogens is 1. The molecule has 4 fully saturated rings. The summed E-state index contributed by atoms with van der Waals surface area (Å²) in [6.07, 6.45) is 20.8. The SMILES string of the molecule is C=C(CC1CCC2CCCC2C1)C1CCCC(C)C1C1CCC(C(C)(C)I)CC1. The Morgan fingerprint density at radius 1 is 0.828 bits per heavy atom. The molecule has 0 aromatic carbocycles. The first-order chi connectivity index (χ1) is 13.8. The van der Waals surface area contributed by atoms with E-state index in [0.29, 0.717) is 3.42 Å². The number of alkyl halides is 1. The van der Waals surface area contributed by atoms with Gasteiger partial charge in [0.2, 0.25) is 0 Å². The highest BCUT2D eigenvalue weighted by Crippen LogP contribution is 2.52. The lowest BCUT2D eigenvalue weighted by molar-refractivity contribution is 0.0761. The van der Waals surface area contributed by atoms with Gasteiger partial charge in [-0.25, -0.2) is 0 Å². The van der Waals surface area contributed by atoms with Gasteiger partial charge in [0.05, 0.1) is 0 Å². The molecular weight excluding hydrogens is 463 g/mol. The molecule has 1 heteroatoms. The van der Waals surface area contributed by atoms with Crippen LogP contribution in [0.2, 0.25) is 0 Å². The van der Waals surface area contributed by atoms with Crippen molar-refractivity contribution in [2.24, 2.45) is 47.3 Å². The molecule has 4 rings (SSSR count). The lowest BCUT2D eigenvalue weighted by atomic mass is 9.59. The van der Waals surface area contributed by atoms with E-state index in [9.17, 15) is 0 Å². The third-order valence-corrected chi connectivity index (χ3v) is 10.9. The molecule has 0 radical (unpaired) electrons. The average Bonchev–Trinajstić information content (AvgIpc) is 3.15. The van der Waals surface area contributed by atoms with E-state index >= 15 is 0 Å². The molecule has 0 aromatic rings. The van der Waals surface area contributed by atoms with E-state index in [1.165, 1.54) is 89.9 Å². The van der Waals surface area contributed by atoms with Crippen LogP contribution in [0.5, 0.6) is 0 Å². The zero-order valence-corrected chi connectivity index (χ0v) is 21.8. The minimum atomic E-state index is 0.475. The summed E-state index contributed by atoms with van der Waals surface area (Å²) < 4.78 is 0.475. The van der Waals surface area contributed by atoms with Gasteiger partial charge in [-0.3, -0.25) is 0 Å². The molecule has 0 N–H and O–H groups in total. The third-order valence-electron chi connectivity index (χ3n) is 10.1. The van der Waals surface area contributed by atoms with Crippen molar-refractivity contribution in [3.63, 3.8) is 0 Å². The van der Waals surface area contributed by atoms with Gasteiger partial charge in [0, 0.05) is 3.42 Å². The highest BCUT2D eigenvalue weighted by molar-refractivity contribution is 14.1. The Bertz CT molecular complexity index is 549. The van der Waals surface area contributed by atoms with Crippen LogP contribution in [-0.2, 0) is 0 Å². The van der Waals surface area contributed by atoms with E-state index in [1.807, 2.05) is 0 Å². The second-order valence-electron chi connectivity index (χ2n) is 12.3. The topological polar surface area (TPSA) is 0 Å². The van der Waals surface area contributed by atoms with Crippen LogP contribution in [0.25, 0.3) is 0 Å². The summed E-state index contributed by atoms with van der Waals surface area (Å²) in [5, 5.41) is 0. The van der Waals surface area contributed by atoms with Crippen LogP contribution >= 0.6 is 22.6 Å². The fourth-order valence-corrected chi connectivity index (χ4v) is 9.03. The number of fused-ring (bicyclic) bond motifs is 1. The van der Waals surface area contributed by atoms with Gasteiger partial charge in [-0.15, -0.1) is 0 Å². The molecule has 29 heavy (non-hydrogen) atoms. The summed E-state index contributed by atoms with van der Waals surface area (Å²) in [6.45, 7) is 12.3. The second-order valence-corrected chi connectivity index (χ2v) is 15.0. The van der Waals surface area contributed by atoms with Gasteiger partial charge in [0.1, 0.15) is 0 Å². The van der Waals surface area contributed by atoms with Crippen molar-refractivity contribution in [2.75, 3.05) is 0 Å². The first kappa shape index (κ1) is 22.7. The monoisotopic (exact) mass is 510 g/mol. The van der Waals surface area contributed by atoms with Crippen LogP contribution in [0.3, 0.4) is 0 Å². The fraction of sp³-hybridized carbons (Fsp3) is 0.929. The van der Waals surface area contributed by atoms with Crippen molar-refractivity contribution >= 4 is 22.6 Å². The maximum absolute atomic E-state index is 4.79. The van der Waals surface area contributed by atoms with Gasteiger partial charge in [-0.05, 0) is 105 Å². The largest absolute Gasteiger partial charge is 0.0996 e. The molecule has 4 aliphatic rings. The Morgan fingerprint density at radius 2 is 1.48 bits per heavy atom. The predicted molar refractivity (Wildman–Crippen MR) is 135 cm³/mol. The van der Waals surface area contributed by atoms with Gasteiger partial charge < -0.3 is 0 Å². The Balaban J connectivity index is 1.37. The van der Waals surface area contributed by atoms with Crippen LogP contribution in [0.1, 0.15) is 111 Å². The van der Waals surface area contributed by atoms with Crippen molar-refractivity contribution in [2.45, 2.75) is 114 Å². The summed E-state index contributed by atoms with van der Waals surface area (Å²) >= 11 is 2.70. The van der Waals surface area contributed by atoms with Crippen LogP contribution in [-0.4, -0.2) is 3.42 Å². The molecule has 166 valence electrons. The van der Waals surface area contributed by atoms with Crippen molar-refractivity contribution in [3.05, 3.63) is 12.2 Å². The maximum atomic E-state index is 4.79. The van der Waals surface area contributed by atoms with Gasteiger partial charge in [-0.2, -0.15) is 0 Å². The van der Waals surface area contributed by atoms with E-state index in [2.05, 4.69) is 43.4 Å². The molecule has 6 atom stereocenters. The summed E-state index contributed by atoms with van der Waals surface area (Å²) in [5.41, 5.74) is 1.68. The van der Waals surface area contributed by atoms with Crippen molar-refractivity contribution in [3.8, 4) is 0 Å². The maximum Gasteiger partial charge on any atom is 0.0194 e. The number of hydrogen-bond acceptors (Lipinski definition) is 0. The molecule has 0 bridgehead atoms. The number of allylic oxidation sites excluding steroid dienone is 1. The quantitative estimate of drug-likeness (QED) is 0.196. The van der Waals surface area contributed by atoms with Crippen molar-refractivity contribution in [1.82, 2.24) is 0 Å². The molecule has 6 unspecified atom stereocenters. The Morgan fingerprint density at radius 3 is 2.21 bits per heavy atom. The molecule has 0 spiro atoms. The average molecular weight is 511 g/mol.